The van der Waals surface area contributed by atoms with E-state index in [9.17, 15) is 9.90 Å². The number of hydrogen-bond donors (Lipinski definition) is 4. The number of aliphatic imine (C=N–C) groups is 1. The maximum atomic E-state index is 12.1. The lowest BCUT2D eigenvalue weighted by Crippen LogP contribution is -2.40. The number of nitrogens with zero attached hydrogens (tertiary/aromatic N) is 2. The van der Waals surface area contributed by atoms with E-state index in [-0.39, 0.29) is 41.9 Å². The molecule has 0 atom stereocenters. The van der Waals surface area contributed by atoms with Gasteiger partial charge < -0.3 is 21.1 Å². The van der Waals surface area contributed by atoms with Gasteiger partial charge in [-0.05, 0) is 50.7 Å². The lowest BCUT2D eigenvalue weighted by atomic mass is 9.79. The van der Waals surface area contributed by atoms with Crippen LogP contribution in [0.5, 0.6) is 0 Å². The Kier molecular flexibility index (Phi) is 13.8. The first-order chi connectivity index (χ1) is 13.0. The number of hydrogen-bond acceptors (Lipinski definition) is 4. The van der Waals surface area contributed by atoms with E-state index in [1.807, 2.05) is 26.0 Å². The Morgan fingerprint density at radius 1 is 1.21 bits per heavy atom. The van der Waals surface area contributed by atoms with Crippen LogP contribution in [0.4, 0.5) is 5.82 Å². The van der Waals surface area contributed by atoms with Crippen molar-refractivity contribution >= 4 is 41.7 Å². The first-order valence-electron chi connectivity index (χ1n) is 9.85. The van der Waals surface area contributed by atoms with Gasteiger partial charge in [0.25, 0.3) is 0 Å². The highest BCUT2D eigenvalue weighted by molar-refractivity contribution is 14.0. The van der Waals surface area contributed by atoms with E-state index in [0.29, 0.717) is 31.3 Å². The van der Waals surface area contributed by atoms with Crippen molar-refractivity contribution in [3.05, 3.63) is 23.9 Å². The number of anilines is 1. The summed E-state index contributed by atoms with van der Waals surface area (Å²) in [4.78, 5) is 21.0. The van der Waals surface area contributed by atoms with E-state index < -0.39 is 0 Å². The fourth-order valence-corrected chi connectivity index (χ4v) is 2.84. The second kappa shape index (κ2) is 14.6. The molecule has 0 saturated heterocycles. The molecule has 28 heavy (non-hydrogen) atoms. The second-order valence-electron chi connectivity index (χ2n) is 6.77. The third-order valence-corrected chi connectivity index (χ3v) is 4.86. The van der Waals surface area contributed by atoms with Crippen LogP contribution in [0.2, 0.25) is 0 Å². The fourth-order valence-electron chi connectivity index (χ4n) is 2.84. The van der Waals surface area contributed by atoms with Crippen molar-refractivity contribution in [1.29, 1.82) is 0 Å². The average molecular weight is 505 g/mol. The minimum absolute atomic E-state index is 0. The van der Waals surface area contributed by atoms with Crippen molar-refractivity contribution in [3.8, 4) is 0 Å². The minimum atomic E-state index is -0.0896. The lowest BCUT2D eigenvalue weighted by molar-refractivity contribution is -0.116. The number of guanidine groups is 1. The van der Waals surface area contributed by atoms with Crippen LogP contribution in [0.3, 0.4) is 0 Å². The molecule has 4 N–H and O–H groups in total. The van der Waals surface area contributed by atoms with Crippen molar-refractivity contribution in [2.45, 2.75) is 53.4 Å². The zero-order valence-corrected chi connectivity index (χ0v) is 19.9. The van der Waals surface area contributed by atoms with Gasteiger partial charge >= 0.3 is 0 Å². The van der Waals surface area contributed by atoms with Crippen LogP contribution in [0, 0.1) is 12.3 Å². The second-order valence-corrected chi connectivity index (χ2v) is 6.77. The zero-order valence-electron chi connectivity index (χ0n) is 17.5. The molecule has 0 spiro atoms. The minimum Gasteiger partial charge on any atom is -0.396 e. The van der Waals surface area contributed by atoms with Crippen molar-refractivity contribution in [2.24, 2.45) is 10.4 Å². The van der Waals surface area contributed by atoms with Gasteiger partial charge in [-0.3, -0.25) is 9.79 Å². The Labute approximate surface area is 186 Å². The quantitative estimate of drug-likeness (QED) is 0.211. The largest absolute Gasteiger partial charge is 0.396 e. The molecule has 1 aromatic rings. The third kappa shape index (κ3) is 9.68. The van der Waals surface area contributed by atoms with Gasteiger partial charge in [-0.25, -0.2) is 4.98 Å². The molecule has 1 heterocycles. The van der Waals surface area contributed by atoms with Crippen LogP contribution >= 0.6 is 24.0 Å². The first-order valence-corrected chi connectivity index (χ1v) is 9.85. The van der Waals surface area contributed by atoms with Crippen LogP contribution in [-0.4, -0.2) is 48.2 Å². The molecule has 0 aromatic carbocycles. The van der Waals surface area contributed by atoms with Gasteiger partial charge in [-0.2, -0.15) is 0 Å². The lowest BCUT2D eigenvalue weighted by Gasteiger charge is -2.29. The van der Waals surface area contributed by atoms with Crippen molar-refractivity contribution in [3.63, 3.8) is 0 Å². The maximum absolute atomic E-state index is 12.1. The monoisotopic (exact) mass is 505 g/mol. The van der Waals surface area contributed by atoms with Crippen LogP contribution in [-0.2, 0) is 4.79 Å². The summed E-state index contributed by atoms with van der Waals surface area (Å²) in [6.45, 7) is 10.2. The molecule has 0 radical (unpaired) electrons. The molecule has 0 aliphatic carbocycles. The van der Waals surface area contributed by atoms with E-state index in [4.69, 9.17) is 0 Å². The number of aromatic nitrogens is 1. The number of halogens is 1. The number of pyridine rings is 1. The number of carbonyl (C=O) groups excluding carboxylic acids is 1. The molecule has 0 saturated carbocycles. The van der Waals surface area contributed by atoms with E-state index in [2.05, 4.69) is 39.8 Å². The number of amides is 1. The summed E-state index contributed by atoms with van der Waals surface area (Å²) in [5, 5.41) is 18.6. The number of carbonyl (C=O) groups is 1. The number of aryl methyl sites for hydroxylation is 1. The molecule has 1 rings (SSSR count). The predicted molar refractivity (Wildman–Crippen MR) is 126 cm³/mol. The molecule has 0 unspecified atom stereocenters. The number of aliphatic hydroxyl groups is 1. The molecule has 0 bridgehead atoms. The Hall–Kier alpha value is -1.42. The molecule has 0 aliphatic rings. The molecule has 1 aromatic heterocycles. The molecular weight excluding hydrogens is 469 g/mol. The first kappa shape index (κ1) is 26.6. The van der Waals surface area contributed by atoms with Gasteiger partial charge in [0.1, 0.15) is 5.82 Å². The number of aliphatic hydroxyl groups excluding tert-OH is 1. The topological polar surface area (TPSA) is 98.6 Å². The molecule has 160 valence electrons. The Balaban J connectivity index is 0.00000729. The standard InChI is InChI=1S/C20H35N5O2.HI/c1-5-20(6-2,12-14-26)15-23-19(21-7-3)22-13-11-18(27)25-17-10-8-9-16(4)24-17;/h8-10,26H,5-7,11-15H2,1-4H3,(H2,21,22,23)(H,24,25,27);1H. The van der Waals surface area contributed by atoms with Gasteiger partial charge in [0, 0.05) is 38.4 Å². The van der Waals surface area contributed by atoms with E-state index >= 15 is 0 Å². The normalized spacial score (nSPS) is 11.5. The highest BCUT2D eigenvalue weighted by Crippen LogP contribution is 2.30. The Bertz CT molecular complexity index is 606. The van der Waals surface area contributed by atoms with Crippen LogP contribution in [0.15, 0.2) is 23.2 Å². The maximum Gasteiger partial charge on any atom is 0.227 e. The van der Waals surface area contributed by atoms with Gasteiger partial charge in [0.05, 0.1) is 0 Å². The van der Waals surface area contributed by atoms with E-state index in [1.54, 1.807) is 6.07 Å². The van der Waals surface area contributed by atoms with Crippen LogP contribution in [0.25, 0.3) is 0 Å². The van der Waals surface area contributed by atoms with Gasteiger partial charge in [-0.1, -0.05) is 19.9 Å². The molecule has 7 nitrogen and oxygen atoms in total. The van der Waals surface area contributed by atoms with E-state index in [0.717, 1.165) is 31.5 Å². The molecule has 0 fully saturated rings. The van der Waals surface area contributed by atoms with Gasteiger partial charge in [0.2, 0.25) is 5.91 Å². The fraction of sp³-hybridized carbons (Fsp3) is 0.650. The zero-order chi connectivity index (χ0) is 20.1. The predicted octanol–water partition coefficient (Wildman–Crippen LogP) is 3.08. The summed E-state index contributed by atoms with van der Waals surface area (Å²) in [5.74, 6) is 1.18. The van der Waals surface area contributed by atoms with Gasteiger partial charge in [0.15, 0.2) is 5.96 Å². The average Bonchev–Trinajstić information content (AvgIpc) is 2.65. The molecule has 0 aliphatic heterocycles. The van der Waals surface area contributed by atoms with Crippen molar-refractivity contribution in [2.75, 3.05) is 31.6 Å². The van der Waals surface area contributed by atoms with Gasteiger partial charge in [-0.15, -0.1) is 24.0 Å². The third-order valence-electron chi connectivity index (χ3n) is 4.86. The van der Waals surface area contributed by atoms with E-state index in [1.165, 1.54) is 0 Å². The van der Waals surface area contributed by atoms with Crippen molar-refractivity contribution < 1.29 is 9.90 Å². The summed E-state index contributed by atoms with van der Waals surface area (Å²) in [7, 11) is 0. The number of nitrogens with one attached hydrogen (secondary N) is 3. The number of rotatable bonds is 11. The van der Waals surface area contributed by atoms with Crippen LogP contribution in [0.1, 0.15) is 52.1 Å². The highest BCUT2D eigenvalue weighted by Gasteiger charge is 2.25. The summed E-state index contributed by atoms with van der Waals surface area (Å²) < 4.78 is 0. The van der Waals surface area contributed by atoms with Crippen LogP contribution < -0.4 is 16.0 Å². The SMILES string of the molecule is CCNC(=NCC(CC)(CC)CCO)NCCC(=O)Nc1cccc(C)n1.I. The summed E-state index contributed by atoms with van der Waals surface area (Å²) >= 11 is 0. The Morgan fingerprint density at radius 2 is 1.93 bits per heavy atom. The highest BCUT2D eigenvalue weighted by atomic mass is 127. The molecular formula is C20H36IN5O2. The Morgan fingerprint density at radius 3 is 2.50 bits per heavy atom. The van der Waals surface area contributed by atoms with Crippen molar-refractivity contribution in [1.82, 2.24) is 15.6 Å². The molecule has 8 heteroatoms. The molecule has 1 amide bonds. The summed E-state index contributed by atoms with van der Waals surface area (Å²) in [6.07, 6.45) is 3.01. The smallest absolute Gasteiger partial charge is 0.227 e. The summed E-state index contributed by atoms with van der Waals surface area (Å²) in [6, 6.07) is 5.53. The summed E-state index contributed by atoms with van der Waals surface area (Å²) in [5.41, 5.74) is 0.886.